The zero-order valence-electron chi connectivity index (χ0n) is 13.0. The SMILES string of the molecule is Nc1cccc(NC(=O)CNC(=O)CCCCC2CCSS2)c1. The molecular weight excluding hydrogens is 330 g/mol. The van der Waals surface area contributed by atoms with Gasteiger partial charge in [0.1, 0.15) is 0 Å². The molecule has 0 spiro atoms. The van der Waals surface area contributed by atoms with E-state index in [1.165, 1.54) is 18.6 Å². The molecule has 0 bridgehead atoms. The molecule has 1 fully saturated rings. The third-order valence-corrected chi connectivity index (χ3v) is 6.53. The van der Waals surface area contributed by atoms with E-state index in [2.05, 4.69) is 10.6 Å². The summed E-state index contributed by atoms with van der Waals surface area (Å²) in [6.45, 7) is -0.0112. The minimum Gasteiger partial charge on any atom is -0.399 e. The fourth-order valence-corrected chi connectivity index (χ4v) is 5.34. The van der Waals surface area contributed by atoms with Crippen LogP contribution in [0.15, 0.2) is 24.3 Å². The quantitative estimate of drug-likeness (QED) is 0.380. The molecule has 1 aliphatic heterocycles. The molecule has 5 nitrogen and oxygen atoms in total. The van der Waals surface area contributed by atoms with Crippen LogP contribution in [-0.4, -0.2) is 29.4 Å². The third kappa shape index (κ3) is 7.18. The first kappa shape index (κ1) is 18.0. The highest BCUT2D eigenvalue weighted by Crippen LogP contribution is 2.39. The molecule has 0 aliphatic carbocycles. The number of hydrogen-bond acceptors (Lipinski definition) is 5. The van der Waals surface area contributed by atoms with Gasteiger partial charge >= 0.3 is 0 Å². The van der Waals surface area contributed by atoms with Gasteiger partial charge in [-0.25, -0.2) is 0 Å². The van der Waals surface area contributed by atoms with Crippen molar-refractivity contribution < 1.29 is 9.59 Å². The van der Waals surface area contributed by atoms with E-state index in [1.54, 1.807) is 24.3 Å². The molecule has 23 heavy (non-hydrogen) atoms. The molecule has 4 N–H and O–H groups in total. The van der Waals surface area contributed by atoms with Gasteiger partial charge in [0.15, 0.2) is 0 Å². The Kier molecular flexibility index (Phi) is 7.61. The van der Waals surface area contributed by atoms with E-state index in [0.29, 0.717) is 17.8 Å². The third-order valence-electron chi connectivity index (χ3n) is 3.52. The highest BCUT2D eigenvalue weighted by molar-refractivity contribution is 8.77. The number of amides is 2. The summed E-state index contributed by atoms with van der Waals surface area (Å²) < 4.78 is 0. The molecule has 2 amide bonds. The topological polar surface area (TPSA) is 84.2 Å². The van der Waals surface area contributed by atoms with Crippen molar-refractivity contribution >= 4 is 44.8 Å². The number of benzene rings is 1. The molecule has 0 radical (unpaired) electrons. The van der Waals surface area contributed by atoms with Gasteiger partial charge in [-0.05, 0) is 37.5 Å². The Morgan fingerprint density at radius 3 is 2.87 bits per heavy atom. The summed E-state index contributed by atoms with van der Waals surface area (Å²) in [6.07, 6.45) is 4.90. The standard InChI is InChI=1S/C16H23N3O2S2/c17-12-4-3-5-13(10-12)19-16(21)11-18-15(20)7-2-1-6-14-8-9-22-23-14/h3-5,10,14H,1-2,6-9,11,17H2,(H,18,20)(H,19,21). The lowest BCUT2D eigenvalue weighted by Gasteiger charge is -2.08. The summed E-state index contributed by atoms with van der Waals surface area (Å²) in [4.78, 5) is 23.5. The normalized spacial score (nSPS) is 17.0. The highest BCUT2D eigenvalue weighted by Gasteiger charge is 2.15. The molecule has 1 aromatic rings. The lowest BCUT2D eigenvalue weighted by Crippen LogP contribution is -2.32. The van der Waals surface area contributed by atoms with Gasteiger partial charge in [0.25, 0.3) is 0 Å². The molecule has 1 atom stereocenters. The van der Waals surface area contributed by atoms with Crippen molar-refractivity contribution in [1.82, 2.24) is 5.32 Å². The Balaban J connectivity index is 1.55. The van der Waals surface area contributed by atoms with Crippen LogP contribution >= 0.6 is 21.6 Å². The Morgan fingerprint density at radius 2 is 2.13 bits per heavy atom. The van der Waals surface area contributed by atoms with Crippen molar-refractivity contribution in [3.05, 3.63) is 24.3 Å². The van der Waals surface area contributed by atoms with E-state index < -0.39 is 0 Å². The summed E-state index contributed by atoms with van der Waals surface area (Å²) in [5, 5.41) is 6.11. The Bertz CT molecular complexity index is 534. The van der Waals surface area contributed by atoms with Crippen LogP contribution in [0.25, 0.3) is 0 Å². The van der Waals surface area contributed by atoms with Gasteiger partial charge < -0.3 is 16.4 Å². The fraction of sp³-hybridized carbons (Fsp3) is 0.500. The number of nitrogens with two attached hydrogens (primary N) is 1. The molecule has 7 heteroatoms. The average molecular weight is 354 g/mol. The number of nitrogens with one attached hydrogen (secondary N) is 2. The van der Waals surface area contributed by atoms with E-state index in [9.17, 15) is 9.59 Å². The van der Waals surface area contributed by atoms with Gasteiger partial charge in [-0.1, -0.05) is 34.1 Å². The van der Waals surface area contributed by atoms with Crippen LogP contribution in [0.4, 0.5) is 11.4 Å². The van der Waals surface area contributed by atoms with Gasteiger partial charge in [-0.15, -0.1) is 0 Å². The lowest BCUT2D eigenvalue weighted by molar-refractivity contribution is -0.124. The summed E-state index contributed by atoms with van der Waals surface area (Å²) >= 11 is 0. The van der Waals surface area contributed by atoms with Crippen LogP contribution in [0.5, 0.6) is 0 Å². The van der Waals surface area contributed by atoms with Crippen molar-refractivity contribution in [3.63, 3.8) is 0 Å². The first-order valence-corrected chi connectivity index (χ1v) is 10.2. The molecule has 126 valence electrons. The first-order valence-electron chi connectivity index (χ1n) is 7.84. The second kappa shape index (κ2) is 9.72. The zero-order chi connectivity index (χ0) is 16.5. The minimum atomic E-state index is -0.247. The van der Waals surface area contributed by atoms with Crippen LogP contribution in [0.3, 0.4) is 0 Å². The maximum absolute atomic E-state index is 11.8. The van der Waals surface area contributed by atoms with Crippen LogP contribution in [-0.2, 0) is 9.59 Å². The molecule has 1 heterocycles. The Morgan fingerprint density at radius 1 is 1.26 bits per heavy atom. The number of anilines is 2. The predicted molar refractivity (Wildman–Crippen MR) is 99.4 cm³/mol. The van der Waals surface area contributed by atoms with Crippen LogP contribution in [0.2, 0.25) is 0 Å². The smallest absolute Gasteiger partial charge is 0.243 e. The lowest BCUT2D eigenvalue weighted by atomic mass is 10.1. The van der Waals surface area contributed by atoms with E-state index >= 15 is 0 Å². The summed E-state index contributed by atoms with van der Waals surface area (Å²) in [5.74, 6) is 0.933. The molecule has 1 saturated heterocycles. The maximum atomic E-state index is 11.8. The summed E-state index contributed by atoms with van der Waals surface area (Å²) in [5.41, 5.74) is 6.87. The van der Waals surface area contributed by atoms with Crippen molar-refractivity contribution in [2.45, 2.75) is 37.4 Å². The molecular formula is C16H23N3O2S2. The second-order valence-corrected chi connectivity index (χ2v) is 8.31. The van der Waals surface area contributed by atoms with E-state index in [-0.39, 0.29) is 18.4 Å². The van der Waals surface area contributed by atoms with Crippen LogP contribution < -0.4 is 16.4 Å². The van der Waals surface area contributed by atoms with Crippen molar-refractivity contribution in [1.29, 1.82) is 0 Å². The number of rotatable bonds is 8. The Labute approximate surface area is 144 Å². The number of unbranched alkanes of at least 4 members (excludes halogenated alkanes) is 1. The molecule has 1 aromatic carbocycles. The second-order valence-electron chi connectivity index (χ2n) is 5.53. The number of hydrogen-bond donors (Lipinski definition) is 3. The van der Waals surface area contributed by atoms with Gasteiger partial charge in [0, 0.05) is 28.8 Å². The summed E-state index contributed by atoms with van der Waals surface area (Å²) in [6, 6.07) is 6.96. The number of carbonyl (C=O) groups is 2. The van der Waals surface area contributed by atoms with Gasteiger partial charge in [-0.2, -0.15) is 0 Å². The van der Waals surface area contributed by atoms with Crippen LogP contribution in [0, 0.1) is 0 Å². The highest BCUT2D eigenvalue weighted by atomic mass is 33.1. The van der Waals surface area contributed by atoms with Crippen molar-refractivity contribution in [2.75, 3.05) is 23.3 Å². The molecule has 1 aliphatic rings. The van der Waals surface area contributed by atoms with Crippen LogP contribution in [0.1, 0.15) is 32.1 Å². The van der Waals surface area contributed by atoms with Crippen molar-refractivity contribution in [3.8, 4) is 0 Å². The minimum absolute atomic E-state index is 0.0112. The first-order chi connectivity index (χ1) is 11.1. The van der Waals surface area contributed by atoms with Crippen molar-refractivity contribution in [2.24, 2.45) is 0 Å². The molecule has 0 aromatic heterocycles. The number of carbonyl (C=O) groups excluding carboxylic acids is 2. The monoisotopic (exact) mass is 353 g/mol. The fourth-order valence-electron chi connectivity index (χ4n) is 2.31. The maximum Gasteiger partial charge on any atom is 0.243 e. The predicted octanol–water partition coefficient (Wildman–Crippen LogP) is 3.04. The largest absolute Gasteiger partial charge is 0.399 e. The van der Waals surface area contributed by atoms with E-state index in [1.807, 2.05) is 21.6 Å². The van der Waals surface area contributed by atoms with Gasteiger partial charge in [-0.3, -0.25) is 9.59 Å². The van der Waals surface area contributed by atoms with E-state index in [0.717, 1.165) is 18.1 Å². The molecule has 2 rings (SSSR count). The number of nitrogen functional groups attached to an aromatic ring is 1. The summed E-state index contributed by atoms with van der Waals surface area (Å²) in [7, 11) is 3.92. The van der Waals surface area contributed by atoms with Gasteiger partial charge in [0.2, 0.25) is 11.8 Å². The zero-order valence-corrected chi connectivity index (χ0v) is 14.7. The van der Waals surface area contributed by atoms with E-state index in [4.69, 9.17) is 5.73 Å². The van der Waals surface area contributed by atoms with Gasteiger partial charge in [0.05, 0.1) is 6.54 Å². The molecule has 0 saturated carbocycles. The molecule has 1 unspecified atom stereocenters. The average Bonchev–Trinajstić information content (AvgIpc) is 3.03. The Hall–Kier alpha value is -1.34.